The van der Waals surface area contributed by atoms with E-state index >= 15 is 0 Å². The number of rotatable bonds is 5. The van der Waals surface area contributed by atoms with Gasteiger partial charge in [-0.1, -0.05) is 19.9 Å². The average Bonchev–Trinajstić information content (AvgIpc) is 3.11. The van der Waals surface area contributed by atoms with E-state index in [4.69, 9.17) is 10.00 Å². The smallest absolute Gasteiger partial charge is 0.352 e. The molecular weight excluding hydrogens is 401 g/mol. The van der Waals surface area contributed by atoms with Crippen molar-refractivity contribution < 1.29 is 13.9 Å². The molecule has 2 aliphatic rings. The number of halogens is 1. The van der Waals surface area contributed by atoms with Crippen LogP contribution in [0.1, 0.15) is 31.4 Å². The predicted octanol–water partition coefficient (Wildman–Crippen LogP) is 1.91. The molecule has 1 amide bonds. The average molecular weight is 425 g/mol. The highest BCUT2D eigenvalue weighted by molar-refractivity contribution is 5.77. The van der Waals surface area contributed by atoms with Gasteiger partial charge in [0, 0.05) is 32.1 Å². The van der Waals surface area contributed by atoms with Crippen LogP contribution in [0.15, 0.2) is 29.1 Å². The molecule has 1 atom stereocenters. The zero-order valence-electron chi connectivity index (χ0n) is 17.5. The van der Waals surface area contributed by atoms with Crippen molar-refractivity contribution in [2.75, 3.05) is 24.5 Å². The summed E-state index contributed by atoms with van der Waals surface area (Å²) in [5, 5.41) is 8.96. The van der Waals surface area contributed by atoms with E-state index in [9.17, 15) is 14.0 Å². The van der Waals surface area contributed by atoms with Gasteiger partial charge in [0.25, 0.3) is 0 Å². The number of nitrogens with zero attached hydrogens (tertiary/aromatic N) is 5. The van der Waals surface area contributed by atoms with E-state index in [0.717, 1.165) is 5.82 Å². The van der Waals surface area contributed by atoms with Gasteiger partial charge in [-0.2, -0.15) is 10.2 Å². The van der Waals surface area contributed by atoms with Crippen molar-refractivity contribution in [3.63, 3.8) is 0 Å². The van der Waals surface area contributed by atoms with Crippen molar-refractivity contribution in [1.29, 1.82) is 5.26 Å². The van der Waals surface area contributed by atoms with Crippen LogP contribution < -0.4 is 15.3 Å². The number of benzene rings is 1. The van der Waals surface area contributed by atoms with Crippen molar-refractivity contribution in [2.45, 2.75) is 39.5 Å². The van der Waals surface area contributed by atoms with Gasteiger partial charge in [-0.3, -0.25) is 9.36 Å². The van der Waals surface area contributed by atoms with Crippen LogP contribution in [0.4, 0.5) is 10.2 Å². The van der Waals surface area contributed by atoms with E-state index in [1.165, 1.54) is 18.2 Å². The molecule has 0 radical (unpaired) electrons. The Morgan fingerprint density at radius 3 is 2.87 bits per heavy atom. The van der Waals surface area contributed by atoms with Crippen LogP contribution >= 0.6 is 0 Å². The highest BCUT2D eigenvalue weighted by Crippen LogP contribution is 2.29. The first kappa shape index (κ1) is 20.8. The van der Waals surface area contributed by atoms with Gasteiger partial charge in [-0.15, -0.1) is 0 Å². The van der Waals surface area contributed by atoms with Gasteiger partial charge in [0.05, 0.1) is 18.2 Å². The minimum Gasteiger partial charge on any atom is -0.473 e. The number of hydrogen-bond donors (Lipinski definition) is 0. The van der Waals surface area contributed by atoms with Crippen LogP contribution in [0.3, 0.4) is 0 Å². The summed E-state index contributed by atoms with van der Waals surface area (Å²) in [6, 6.07) is 7.71. The van der Waals surface area contributed by atoms with E-state index < -0.39 is 11.5 Å². The molecule has 8 nitrogen and oxygen atoms in total. The van der Waals surface area contributed by atoms with E-state index in [1.54, 1.807) is 16.7 Å². The maximum atomic E-state index is 13.5. The molecule has 3 heterocycles. The third-order valence-electron chi connectivity index (χ3n) is 5.61. The van der Waals surface area contributed by atoms with Gasteiger partial charge in [0.2, 0.25) is 11.8 Å². The molecule has 1 fully saturated rings. The lowest BCUT2D eigenvalue weighted by Crippen LogP contribution is -2.53. The third-order valence-corrected chi connectivity index (χ3v) is 5.61. The highest BCUT2D eigenvalue weighted by Gasteiger charge is 2.37. The molecule has 4 rings (SSSR count). The number of fused-ring (bicyclic) bond motifs is 3. The standard InChI is InChI=1S/C22H24FN5O3/c1-14(2)7-21(29)26-5-6-27-17(11-26)12-28-20(27)9-19(25-22(28)30)31-13-15-3-4-18(23)16(8-15)10-24/h3-4,8-9,14,17H,5-7,11-13H2,1-2H3. The van der Waals surface area contributed by atoms with E-state index in [2.05, 4.69) is 9.88 Å². The third kappa shape index (κ3) is 4.24. The normalized spacial score (nSPS) is 17.3. The van der Waals surface area contributed by atoms with Crippen molar-refractivity contribution in [1.82, 2.24) is 14.5 Å². The molecule has 1 saturated heterocycles. The quantitative estimate of drug-likeness (QED) is 0.727. The minimum absolute atomic E-state index is 0.0323. The molecule has 1 aromatic carbocycles. The van der Waals surface area contributed by atoms with Crippen LogP contribution in [0.25, 0.3) is 0 Å². The Bertz CT molecular complexity index is 1110. The maximum Gasteiger partial charge on any atom is 0.352 e. The number of piperazine rings is 1. The predicted molar refractivity (Wildman–Crippen MR) is 111 cm³/mol. The molecule has 0 N–H and O–H groups in total. The Hall–Kier alpha value is -3.41. The molecule has 162 valence electrons. The van der Waals surface area contributed by atoms with Crippen molar-refractivity contribution in [3.8, 4) is 11.9 Å². The van der Waals surface area contributed by atoms with Crippen LogP contribution in [0, 0.1) is 23.1 Å². The zero-order chi connectivity index (χ0) is 22.1. The summed E-state index contributed by atoms with van der Waals surface area (Å²) in [4.78, 5) is 33.0. The second-order valence-corrected chi connectivity index (χ2v) is 8.35. The molecule has 2 aliphatic heterocycles. The van der Waals surface area contributed by atoms with E-state index in [1.807, 2.05) is 18.7 Å². The number of carbonyl (C=O) groups excluding carboxylic acids is 1. The summed E-state index contributed by atoms with van der Waals surface area (Å²) in [5.74, 6) is 0.780. The van der Waals surface area contributed by atoms with Crippen LogP contribution in [0.5, 0.6) is 5.88 Å². The molecule has 0 spiro atoms. The number of hydrogen-bond acceptors (Lipinski definition) is 6. The second kappa shape index (κ2) is 8.38. The number of aromatic nitrogens is 2. The molecule has 9 heteroatoms. The SMILES string of the molecule is CC(C)CC(=O)N1CCN2c3cc(OCc4ccc(F)c(C#N)c4)nc(=O)n3CC2C1. The lowest BCUT2D eigenvalue weighted by molar-refractivity contribution is -0.132. The van der Waals surface area contributed by atoms with Gasteiger partial charge in [-0.25, -0.2) is 9.18 Å². The summed E-state index contributed by atoms with van der Waals surface area (Å²) < 4.78 is 20.8. The summed E-state index contributed by atoms with van der Waals surface area (Å²) in [6.07, 6.45) is 0.524. The molecule has 1 aromatic heterocycles. The lowest BCUT2D eigenvalue weighted by atomic mass is 10.1. The molecule has 2 aromatic rings. The van der Waals surface area contributed by atoms with Crippen LogP contribution in [0.2, 0.25) is 0 Å². The van der Waals surface area contributed by atoms with Crippen LogP contribution in [-0.4, -0.2) is 46.0 Å². The summed E-state index contributed by atoms with van der Waals surface area (Å²) >= 11 is 0. The monoisotopic (exact) mass is 425 g/mol. The number of anilines is 1. The summed E-state index contributed by atoms with van der Waals surface area (Å²) in [7, 11) is 0. The highest BCUT2D eigenvalue weighted by atomic mass is 19.1. The molecule has 0 bridgehead atoms. The Balaban J connectivity index is 1.47. The first-order chi connectivity index (χ1) is 14.9. The minimum atomic E-state index is -0.586. The van der Waals surface area contributed by atoms with Crippen molar-refractivity contribution in [2.24, 2.45) is 5.92 Å². The topological polar surface area (TPSA) is 91.5 Å². The zero-order valence-corrected chi connectivity index (χ0v) is 17.5. The van der Waals surface area contributed by atoms with Gasteiger partial charge in [0.15, 0.2) is 0 Å². The maximum absolute atomic E-state index is 13.5. The molecule has 0 aliphatic carbocycles. The van der Waals surface area contributed by atoms with Gasteiger partial charge in [-0.05, 0) is 23.6 Å². The molecule has 1 unspecified atom stereocenters. The lowest BCUT2D eigenvalue weighted by Gasteiger charge is -2.38. The Labute approximate surface area is 179 Å². The van der Waals surface area contributed by atoms with Crippen molar-refractivity contribution >= 4 is 11.7 Å². The first-order valence-corrected chi connectivity index (χ1v) is 10.3. The van der Waals surface area contributed by atoms with Crippen LogP contribution in [-0.2, 0) is 17.9 Å². The number of ether oxygens (including phenoxy) is 1. The Morgan fingerprint density at radius 1 is 1.32 bits per heavy atom. The Morgan fingerprint density at radius 2 is 2.13 bits per heavy atom. The number of amides is 1. The van der Waals surface area contributed by atoms with E-state index in [0.29, 0.717) is 44.1 Å². The number of carbonyl (C=O) groups is 1. The largest absolute Gasteiger partial charge is 0.473 e. The fourth-order valence-electron chi connectivity index (χ4n) is 4.09. The molecule has 0 saturated carbocycles. The fourth-order valence-corrected chi connectivity index (χ4v) is 4.09. The van der Waals surface area contributed by atoms with E-state index in [-0.39, 0.29) is 30.0 Å². The Kier molecular flexibility index (Phi) is 5.63. The fraction of sp³-hybridized carbons (Fsp3) is 0.455. The van der Waals surface area contributed by atoms with Crippen molar-refractivity contribution in [3.05, 3.63) is 51.7 Å². The summed E-state index contributed by atoms with van der Waals surface area (Å²) in [6.45, 7) is 6.43. The van der Waals surface area contributed by atoms with Gasteiger partial charge >= 0.3 is 5.69 Å². The number of nitriles is 1. The molecule has 31 heavy (non-hydrogen) atoms. The second-order valence-electron chi connectivity index (χ2n) is 8.35. The van der Waals surface area contributed by atoms with Gasteiger partial charge < -0.3 is 14.5 Å². The first-order valence-electron chi connectivity index (χ1n) is 10.3. The summed E-state index contributed by atoms with van der Waals surface area (Å²) in [5.41, 5.74) is 0.144. The molecular formula is C22H24FN5O3. The van der Waals surface area contributed by atoms with Gasteiger partial charge in [0.1, 0.15) is 24.3 Å².